The monoisotopic (exact) mass is 214 g/mol. The number of hydrogen-bond donors (Lipinski definition) is 1. The normalized spacial score (nSPS) is 16.2. The van der Waals surface area contributed by atoms with E-state index in [0.717, 1.165) is 25.8 Å². The van der Waals surface area contributed by atoms with Crippen LogP contribution in [0, 0.1) is 0 Å². The zero-order chi connectivity index (χ0) is 10.9. The Morgan fingerprint density at radius 2 is 1.93 bits per heavy atom. The van der Waals surface area contributed by atoms with Gasteiger partial charge in [0.1, 0.15) is 0 Å². The molecule has 1 aliphatic rings. The fourth-order valence-electron chi connectivity index (χ4n) is 1.45. The fraction of sp³-hybridized carbons (Fsp3) is 1.00. The molecule has 0 heterocycles. The lowest BCUT2D eigenvalue weighted by molar-refractivity contribution is 0.114. The zero-order valence-electron chi connectivity index (χ0n) is 10.3. The Balaban J connectivity index is 1.65. The van der Waals surface area contributed by atoms with Gasteiger partial charge in [0.25, 0.3) is 0 Å². The van der Waals surface area contributed by atoms with Crippen LogP contribution in [0.3, 0.4) is 0 Å². The number of ether oxygens (including phenoxy) is 1. The highest BCUT2D eigenvalue weighted by Crippen LogP contribution is 2.18. The molecular formula is C12H26N2O. The minimum atomic E-state index is 0.862. The Morgan fingerprint density at radius 1 is 1.13 bits per heavy atom. The second-order valence-corrected chi connectivity index (χ2v) is 4.70. The lowest BCUT2D eigenvalue weighted by Gasteiger charge is -2.09. The molecule has 0 atom stereocenters. The molecule has 0 aliphatic heterocycles. The summed E-state index contributed by atoms with van der Waals surface area (Å²) >= 11 is 0. The van der Waals surface area contributed by atoms with Crippen LogP contribution in [0.4, 0.5) is 0 Å². The van der Waals surface area contributed by atoms with Gasteiger partial charge in [0.15, 0.2) is 0 Å². The summed E-state index contributed by atoms with van der Waals surface area (Å²) in [4.78, 5) is 2.15. The number of hydrogen-bond acceptors (Lipinski definition) is 3. The number of nitrogens with zero attached hydrogens (tertiary/aromatic N) is 1. The molecule has 0 bridgehead atoms. The molecule has 1 rings (SSSR count). The molecule has 15 heavy (non-hydrogen) atoms. The topological polar surface area (TPSA) is 24.5 Å². The van der Waals surface area contributed by atoms with Gasteiger partial charge in [-0.25, -0.2) is 0 Å². The molecule has 0 aromatic heterocycles. The highest BCUT2D eigenvalue weighted by Gasteiger charge is 2.19. The van der Waals surface area contributed by atoms with Crippen molar-refractivity contribution in [2.24, 2.45) is 0 Å². The summed E-state index contributed by atoms with van der Waals surface area (Å²) in [5, 5.41) is 3.53. The van der Waals surface area contributed by atoms with Crippen LogP contribution in [0.15, 0.2) is 0 Å². The van der Waals surface area contributed by atoms with Gasteiger partial charge < -0.3 is 15.0 Å². The number of rotatable bonds is 10. The highest BCUT2D eigenvalue weighted by atomic mass is 16.5. The van der Waals surface area contributed by atoms with Crippen molar-refractivity contribution >= 4 is 0 Å². The molecule has 0 aromatic rings. The van der Waals surface area contributed by atoms with Gasteiger partial charge in [0, 0.05) is 19.2 Å². The number of likely N-dealkylation sites (N-methyl/N-ethyl adjacent to an activating group) is 1. The first-order chi connectivity index (χ1) is 7.29. The summed E-state index contributed by atoms with van der Waals surface area (Å²) in [6, 6.07) is 0.862. The molecule has 0 saturated heterocycles. The Hall–Kier alpha value is -0.120. The molecule has 90 valence electrons. The Morgan fingerprint density at radius 3 is 2.60 bits per heavy atom. The zero-order valence-corrected chi connectivity index (χ0v) is 10.3. The van der Waals surface area contributed by atoms with Crippen molar-refractivity contribution < 1.29 is 4.74 Å². The Labute approximate surface area is 94.2 Å². The first-order valence-electron chi connectivity index (χ1n) is 6.25. The maximum Gasteiger partial charge on any atom is 0.0593 e. The first kappa shape index (κ1) is 12.9. The predicted octanol–water partition coefficient (Wildman–Crippen LogP) is 1.49. The van der Waals surface area contributed by atoms with Crippen molar-refractivity contribution in [1.29, 1.82) is 0 Å². The summed E-state index contributed by atoms with van der Waals surface area (Å²) in [5.41, 5.74) is 0. The van der Waals surface area contributed by atoms with E-state index >= 15 is 0 Å². The fourth-order valence-corrected chi connectivity index (χ4v) is 1.45. The molecule has 3 heteroatoms. The second-order valence-electron chi connectivity index (χ2n) is 4.70. The van der Waals surface area contributed by atoms with E-state index in [1.807, 2.05) is 0 Å². The Kier molecular flexibility index (Phi) is 6.98. The third-order valence-electron chi connectivity index (χ3n) is 2.66. The van der Waals surface area contributed by atoms with Crippen molar-refractivity contribution in [1.82, 2.24) is 10.2 Å². The molecule has 0 radical (unpaired) electrons. The molecule has 0 amide bonds. The van der Waals surface area contributed by atoms with Crippen LogP contribution >= 0.6 is 0 Å². The van der Waals surface area contributed by atoms with Crippen LogP contribution in [0.5, 0.6) is 0 Å². The van der Waals surface area contributed by atoms with Crippen molar-refractivity contribution in [2.75, 3.05) is 40.4 Å². The maximum absolute atomic E-state index is 5.52. The van der Waals surface area contributed by atoms with E-state index in [0.29, 0.717) is 0 Å². The second kappa shape index (κ2) is 8.08. The summed E-state index contributed by atoms with van der Waals surface area (Å²) < 4.78 is 5.52. The van der Waals surface area contributed by atoms with Crippen LogP contribution in [0.2, 0.25) is 0 Å². The van der Waals surface area contributed by atoms with Crippen molar-refractivity contribution in [3.05, 3.63) is 0 Å². The van der Waals surface area contributed by atoms with Gasteiger partial charge in [0.2, 0.25) is 0 Å². The van der Waals surface area contributed by atoms with Crippen molar-refractivity contribution in [3.8, 4) is 0 Å². The third kappa shape index (κ3) is 8.85. The highest BCUT2D eigenvalue weighted by molar-refractivity contribution is 4.80. The average molecular weight is 214 g/mol. The molecule has 3 nitrogen and oxygen atoms in total. The number of nitrogens with one attached hydrogen (secondary N) is 1. The minimum absolute atomic E-state index is 0.862. The smallest absolute Gasteiger partial charge is 0.0593 e. The standard InChI is InChI=1S/C12H26N2O/c1-14(2)9-11-15-10-5-3-4-8-13-12-6-7-12/h12-13H,3-11H2,1-2H3. The summed E-state index contributed by atoms with van der Waals surface area (Å²) in [6.45, 7) is 4.02. The van der Waals surface area contributed by atoms with Gasteiger partial charge in [-0.05, 0) is 52.7 Å². The predicted molar refractivity (Wildman–Crippen MR) is 64.2 cm³/mol. The van der Waals surface area contributed by atoms with E-state index in [2.05, 4.69) is 24.3 Å². The SMILES string of the molecule is CN(C)CCOCCCCCNC1CC1. The van der Waals surface area contributed by atoms with Crippen molar-refractivity contribution in [2.45, 2.75) is 38.1 Å². The number of unbranched alkanes of at least 4 members (excludes halogenated alkanes) is 2. The first-order valence-corrected chi connectivity index (χ1v) is 6.25. The molecule has 1 fully saturated rings. The molecule has 0 unspecified atom stereocenters. The molecular weight excluding hydrogens is 188 g/mol. The molecule has 1 aliphatic carbocycles. The molecule has 1 N–H and O–H groups in total. The van der Waals surface area contributed by atoms with Gasteiger partial charge in [-0.2, -0.15) is 0 Å². The molecule has 0 spiro atoms. The average Bonchev–Trinajstić information content (AvgIpc) is 2.98. The van der Waals surface area contributed by atoms with Gasteiger partial charge in [-0.15, -0.1) is 0 Å². The van der Waals surface area contributed by atoms with E-state index in [-0.39, 0.29) is 0 Å². The van der Waals surface area contributed by atoms with Gasteiger partial charge >= 0.3 is 0 Å². The van der Waals surface area contributed by atoms with E-state index in [4.69, 9.17) is 4.74 Å². The lowest BCUT2D eigenvalue weighted by atomic mass is 10.2. The van der Waals surface area contributed by atoms with Gasteiger partial charge in [-0.3, -0.25) is 0 Å². The largest absolute Gasteiger partial charge is 0.380 e. The van der Waals surface area contributed by atoms with Gasteiger partial charge in [0.05, 0.1) is 6.61 Å². The summed E-state index contributed by atoms with van der Waals surface area (Å²) in [5.74, 6) is 0. The maximum atomic E-state index is 5.52. The molecule has 0 aromatic carbocycles. The van der Waals surface area contributed by atoms with E-state index in [9.17, 15) is 0 Å². The van der Waals surface area contributed by atoms with E-state index < -0.39 is 0 Å². The quantitative estimate of drug-likeness (QED) is 0.558. The van der Waals surface area contributed by atoms with Crippen LogP contribution in [-0.4, -0.2) is 51.3 Å². The third-order valence-corrected chi connectivity index (χ3v) is 2.66. The summed E-state index contributed by atoms with van der Waals surface area (Å²) in [7, 11) is 4.15. The van der Waals surface area contributed by atoms with E-state index in [1.165, 1.54) is 38.6 Å². The Bertz CT molecular complexity index is 139. The van der Waals surface area contributed by atoms with Crippen LogP contribution < -0.4 is 5.32 Å². The van der Waals surface area contributed by atoms with Crippen LogP contribution in [0.1, 0.15) is 32.1 Å². The molecule has 1 saturated carbocycles. The van der Waals surface area contributed by atoms with Crippen molar-refractivity contribution in [3.63, 3.8) is 0 Å². The van der Waals surface area contributed by atoms with E-state index in [1.54, 1.807) is 0 Å². The lowest BCUT2D eigenvalue weighted by Crippen LogP contribution is -2.18. The van der Waals surface area contributed by atoms with Crippen LogP contribution in [0.25, 0.3) is 0 Å². The van der Waals surface area contributed by atoms with Gasteiger partial charge in [-0.1, -0.05) is 0 Å². The van der Waals surface area contributed by atoms with Crippen LogP contribution in [-0.2, 0) is 4.74 Å². The minimum Gasteiger partial charge on any atom is -0.380 e. The summed E-state index contributed by atoms with van der Waals surface area (Å²) in [6.07, 6.45) is 6.59.